The van der Waals surface area contributed by atoms with Crippen molar-refractivity contribution in [2.24, 2.45) is 0 Å². The summed E-state index contributed by atoms with van der Waals surface area (Å²) in [6.45, 7) is 3.40. The SMILES string of the molecule is CCCCCCOc1cccc(NC(=O)CNc2cccc(C(=O)NCc3ccccc3)c2)c1. The minimum Gasteiger partial charge on any atom is -0.494 e. The van der Waals surface area contributed by atoms with Crippen molar-refractivity contribution in [2.45, 2.75) is 39.2 Å². The maximum atomic E-state index is 12.5. The molecule has 0 fully saturated rings. The van der Waals surface area contributed by atoms with Crippen LogP contribution in [0.15, 0.2) is 78.9 Å². The Morgan fingerprint density at radius 3 is 2.44 bits per heavy atom. The third-order valence-corrected chi connectivity index (χ3v) is 5.26. The summed E-state index contributed by atoms with van der Waals surface area (Å²) in [6.07, 6.45) is 4.60. The number of ether oxygens (including phenoxy) is 1. The minimum atomic E-state index is -0.181. The van der Waals surface area contributed by atoms with Crippen LogP contribution >= 0.6 is 0 Å². The lowest BCUT2D eigenvalue weighted by Crippen LogP contribution is -2.23. The molecule has 3 aromatic carbocycles. The molecule has 0 aliphatic carbocycles. The van der Waals surface area contributed by atoms with E-state index in [0.29, 0.717) is 30.1 Å². The Morgan fingerprint density at radius 1 is 0.824 bits per heavy atom. The van der Waals surface area contributed by atoms with Crippen LogP contribution in [-0.4, -0.2) is 25.0 Å². The summed E-state index contributed by atoms with van der Waals surface area (Å²) in [4.78, 5) is 24.9. The molecule has 0 saturated carbocycles. The molecule has 3 aromatic rings. The number of hydrogen-bond donors (Lipinski definition) is 3. The monoisotopic (exact) mass is 459 g/mol. The van der Waals surface area contributed by atoms with E-state index in [1.807, 2.05) is 60.7 Å². The Balaban J connectivity index is 1.45. The second-order valence-electron chi connectivity index (χ2n) is 8.09. The van der Waals surface area contributed by atoms with Crippen molar-refractivity contribution in [3.63, 3.8) is 0 Å². The molecule has 0 aromatic heterocycles. The van der Waals surface area contributed by atoms with Gasteiger partial charge in [-0.3, -0.25) is 9.59 Å². The number of carbonyl (C=O) groups excluding carboxylic acids is 2. The summed E-state index contributed by atoms with van der Waals surface area (Å²) < 4.78 is 5.78. The van der Waals surface area contributed by atoms with Crippen LogP contribution in [-0.2, 0) is 11.3 Å². The third-order valence-electron chi connectivity index (χ3n) is 5.26. The second-order valence-corrected chi connectivity index (χ2v) is 8.09. The molecule has 0 unspecified atom stereocenters. The van der Waals surface area contributed by atoms with E-state index in [-0.39, 0.29) is 18.4 Å². The van der Waals surface area contributed by atoms with Crippen molar-refractivity contribution in [3.8, 4) is 5.75 Å². The number of benzene rings is 3. The molecule has 0 aliphatic heterocycles. The Bertz CT molecular complexity index is 1050. The number of nitrogens with one attached hydrogen (secondary N) is 3. The Morgan fingerprint density at radius 2 is 1.62 bits per heavy atom. The molecule has 0 radical (unpaired) electrons. The zero-order valence-electron chi connectivity index (χ0n) is 19.7. The fourth-order valence-corrected chi connectivity index (χ4v) is 3.42. The average molecular weight is 460 g/mol. The lowest BCUT2D eigenvalue weighted by molar-refractivity contribution is -0.114. The number of anilines is 2. The van der Waals surface area contributed by atoms with E-state index in [9.17, 15) is 9.59 Å². The molecule has 34 heavy (non-hydrogen) atoms. The normalized spacial score (nSPS) is 10.4. The zero-order chi connectivity index (χ0) is 24.0. The Kier molecular flexibility index (Phi) is 9.99. The number of hydrogen-bond acceptors (Lipinski definition) is 4. The van der Waals surface area contributed by atoms with E-state index in [1.165, 1.54) is 12.8 Å². The maximum Gasteiger partial charge on any atom is 0.251 e. The molecule has 178 valence electrons. The minimum absolute atomic E-state index is 0.0805. The van der Waals surface area contributed by atoms with E-state index in [2.05, 4.69) is 22.9 Å². The quantitative estimate of drug-likeness (QED) is 0.290. The van der Waals surface area contributed by atoms with Crippen LogP contribution in [0.4, 0.5) is 11.4 Å². The standard InChI is InChI=1S/C28H33N3O3/c1-2-3-4-8-17-34-26-16-10-15-25(19-26)31-27(32)21-29-24-14-9-13-23(18-24)28(33)30-20-22-11-6-5-7-12-22/h5-7,9-16,18-19,29H,2-4,8,17,20-21H2,1H3,(H,30,33)(H,31,32). The third kappa shape index (κ3) is 8.62. The van der Waals surface area contributed by atoms with Gasteiger partial charge in [-0.2, -0.15) is 0 Å². The molecule has 6 heteroatoms. The Hall–Kier alpha value is -3.80. The molecule has 0 atom stereocenters. The predicted octanol–water partition coefficient (Wildman–Crippen LogP) is 5.63. The lowest BCUT2D eigenvalue weighted by Gasteiger charge is -2.11. The molecule has 6 nitrogen and oxygen atoms in total. The molecule has 0 spiro atoms. The first-order valence-corrected chi connectivity index (χ1v) is 11.8. The van der Waals surface area contributed by atoms with Gasteiger partial charge in [0.15, 0.2) is 0 Å². The second kappa shape index (κ2) is 13.7. The number of rotatable bonds is 13. The highest BCUT2D eigenvalue weighted by Crippen LogP contribution is 2.18. The first-order valence-electron chi connectivity index (χ1n) is 11.8. The number of carbonyl (C=O) groups is 2. The first kappa shape index (κ1) is 24.8. The van der Waals surface area contributed by atoms with Crippen LogP contribution < -0.4 is 20.7 Å². The molecule has 0 heterocycles. The van der Waals surface area contributed by atoms with Crippen molar-refractivity contribution in [1.29, 1.82) is 0 Å². The number of unbranched alkanes of at least 4 members (excludes halogenated alkanes) is 3. The topological polar surface area (TPSA) is 79.5 Å². The summed E-state index contributed by atoms with van der Waals surface area (Å²) in [6, 6.07) is 24.3. The van der Waals surface area contributed by atoms with Crippen molar-refractivity contribution in [2.75, 3.05) is 23.8 Å². The van der Waals surface area contributed by atoms with Crippen LogP contribution in [0.1, 0.15) is 48.5 Å². The lowest BCUT2D eigenvalue weighted by atomic mass is 10.1. The first-order chi connectivity index (χ1) is 16.6. The summed E-state index contributed by atoms with van der Waals surface area (Å²) in [5.41, 5.74) is 2.96. The maximum absolute atomic E-state index is 12.5. The van der Waals surface area contributed by atoms with E-state index in [1.54, 1.807) is 18.2 Å². The van der Waals surface area contributed by atoms with Crippen LogP contribution in [0.5, 0.6) is 5.75 Å². The highest BCUT2D eigenvalue weighted by molar-refractivity contribution is 5.96. The highest BCUT2D eigenvalue weighted by Gasteiger charge is 2.08. The van der Waals surface area contributed by atoms with E-state index >= 15 is 0 Å². The van der Waals surface area contributed by atoms with E-state index < -0.39 is 0 Å². The van der Waals surface area contributed by atoms with Crippen molar-refractivity contribution < 1.29 is 14.3 Å². The van der Waals surface area contributed by atoms with Crippen LogP contribution in [0, 0.1) is 0 Å². The fraction of sp³-hybridized carbons (Fsp3) is 0.286. The predicted molar refractivity (Wildman–Crippen MR) is 137 cm³/mol. The summed E-state index contributed by atoms with van der Waals surface area (Å²) in [5.74, 6) is 0.402. The molecule has 2 amide bonds. The zero-order valence-corrected chi connectivity index (χ0v) is 19.7. The van der Waals surface area contributed by atoms with E-state index in [4.69, 9.17) is 4.74 Å². The van der Waals surface area contributed by atoms with Gasteiger partial charge in [-0.05, 0) is 42.3 Å². The largest absolute Gasteiger partial charge is 0.494 e. The van der Waals surface area contributed by atoms with Gasteiger partial charge < -0.3 is 20.7 Å². The molecule has 3 N–H and O–H groups in total. The summed E-state index contributed by atoms with van der Waals surface area (Å²) in [5, 5.41) is 8.87. The van der Waals surface area contributed by atoms with Crippen molar-refractivity contribution in [3.05, 3.63) is 90.0 Å². The number of amides is 2. The molecule has 0 aliphatic rings. The smallest absolute Gasteiger partial charge is 0.251 e. The van der Waals surface area contributed by atoms with Gasteiger partial charge >= 0.3 is 0 Å². The van der Waals surface area contributed by atoms with Crippen molar-refractivity contribution in [1.82, 2.24) is 5.32 Å². The molecule has 0 saturated heterocycles. The highest BCUT2D eigenvalue weighted by atomic mass is 16.5. The summed E-state index contributed by atoms with van der Waals surface area (Å²) in [7, 11) is 0. The molecular weight excluding hydrogens is 426 g/mol. The van der Waals surface area contributed by atoms with Gasteiger partial charge in [-0.25, -0.2) is 0 Å². The van der Waals surface area contributed by atoms with Gasteiger partial charge in [0.2, 0.25) is 5.91 Å². The van der Waals surface area contributed by atoms with Gasteiger partial charge in [0, 0.05) is 29.5 Å². The van der Waals surface area contributed by atoms with E-state index in [0.717, 1.165) is 24.2 Å². The average Bonchev–Trinajstić information content (AvgIpc) is 2.87. The van der Waals surface area contributed by atoms with Gasteiger partial charge in [-0.15, -0.1) is 0 Å². The van der Waals surface area contributed by atoms with Gasteiger partial charge in [0.1, 0.15) is 5.75 Å². The summed E-state index contributed by atoms with van der Waals surface area (Å²) >= 11 is 0. The fourth-order valence-electron chi connectivity index (χ4n) is 3.42. The van der Waals surface area contributed by atoms with Gasteiger partial charge in [0.25, 0.3) is 5.91 Å². The molecule has 0 bridgehead atoms. The van der Waals surface area contributed by atoms with Crippen LogP contribution in [0.3, 0.4) is 0 Å². The van der Waals surface area contributed by atoms with Gasteiger partial charge in [0.05, 0.1) is 13.2 Å². The van der Waals surface area contributed by atoms with Crippen molar-refractivity contribution >= 4 is 23.2 Å². The van der Waals surface area contributed by atoms with Crippen LogP contribution in [0.25, 0.3) is 0 Å². The molecule has 3 rings (SSSR count). The van der Waals surface area contributed by atoms with Crippen LogP contribution in [0.2, 0.25) is 0 Å². The molecular formula is C28H33N3O3. The Labute approximate surface area is 201 Å². The van der Waals surface area contributed by atoms with Gasteiger partial charge in [-0.1, -0.05) is 68.7 Å².